The predicted molar refractivity (Wildman–Crippen MR) is 72.3 cm³/mol. The zero-order valence-electron chi connectivity index (χ0n) is 11.4. The van der Waals surface area contributed by atoms with Gasteiger partial charge in [0.05, 0.1) is 6.54 Å². The summed E-state index contributed by atoms with van der Waals surface area (Å²) in [5.41, 5.74) is 0.493. The minimum Gasteiger partial charge on any atom is -0.333 e. The highest BCUT2D eigenvalue weighted by atomic mass is 15.2. The molecule has 0 aliphatic carbocycles. The topological polar surface area (TPSA) is 33.1 Å². The molecule has 100 valence electrons. The Hall–Kier alpha value is -0.870. The fourth-order valence-corrected chi connectivity index (χ4v) is 3.41. The number of nitrogens with zero attached hydrogens (tertiary/aromatic N) is 3. The first-order valence-corrected chi connectivity index (χ1v) is 7.24. The molecule has 0 aromatic carbocycles. The van der Waals surface area contributed by atoms with Crippen LogP contribution in [0.25, 0.3) is 0 Å². The summed E-state index contributed by atoms with van der Waals surface area (Å²) in [6.07, 6.45) is 8.02. The van der Waals surface area contributed by atoms with Crippen molar-refractivity contribution in [3.63, 3.8) is 0 Å². The van der Waals surface area contributed by atoms with E-state index in [1.165, 1.54) is 51.3 Å². The fourth-order valence-electron chi connectivity index (χ4n) is 3.41. The van der Waals surface area contributed by atoms with Crippen LogP contribution in [0.2, 0.25) is 0 Å². The van der Waals surface area contributed by atoms with E-state index in [2.05, 4.69) is 32.9 Å². The molecular formula is C14H24N4. The maximum absolute atomic E-state index is 4.45. The molecule has 0 spiro atoms. The van der Waals surface area contributed by atoms with Gasteiger partial charge in [-0.1, -0.05) is 6.92 Å². The Kier molecular flexibility index (Phi) is 3.39. The second-order valence-corrected chi connectivity index (χ2v) is 5.88. The molecule has 1 aromatic rings. The Bertz CT molecular complexity index is 392. The number of fused-ring (bicyclic) bond motifs is 1. The SMILES string of the molecule is CCC1(CN2CCn3ccnc3C2)CCCNC1. The van der Waals surface area contributed by atoms with Crippen LogP contribution in [-0.2, 0) is 13.1 Å². The minimum atomic E-state index is 0.493. The average Bonchev–Trinajstić information content (AvgIpc) is 2.87. The van der Waals surface area contributed by atoms with Crippen molar-refractivity contribution < 1.29 is 0 Å². The molecule has 1 unspecified atom stereocenters. The summed E-state index contributed by atoms with van der Waals surface area (Å²) in [5.74, 6) is 1.23. The number of aromatic nitrogens is 2. The Morgan fingerprint density at radius 1 is 1.44 bits per heavy atom. The van der Waals surface area contributed by atoms with Gasteiger partial charge < -0.3 is 9.88 Å². The van der Waals surface area contributed by atoms with E-state index >= 15 is 0 Å². The van der Waals surface area contributed by atoms with E-state index in [1.807, 2.05) is 6.20 Å². The van der Waals surface area contributed by atoms with Gasteiger partial charge in [-0.15, -0.1) is 0 Å². The molecule has 1 aromatic heterocycles. The van der Waals surface area contributed by atoms with Crippen LogP contribution in [0.1, 0.15) is 32.0 Å². The molecular weight excluding hydrogens is 224 g/mol. The summed E-state index contributed by atoms with van der Waals surface area (Å²) in [4.78, 5) is 7.05. The highest BCUT2D eigenvalue weighted by Gasteiger charge is 2.33. The zero-order valence-corrected chi connectivity index (χ0v) is 11.4. The quantitative estimate of drug-likeness (QED) is 0.879. The largest absolute Gasteiger partial charge is 0.333 e. The average molecular weight is 248 g/mol. The smallest absolute Gasteiger partial charge is 0.122 e. The molecule has 1 N–H and O–H groups in total. The molecule has 0 amide bonds. The number of hydrogen-bond donors (Lipinski definition) is 1. The third kappa shape index (κ3) is 2.31. The molecule has 3 rings (SSSR count). The van der Waals surface area contributed by atoms with Crippen LogP contribution in [0.3, 0.4) is 0 Å². The molecule has 0 radical (unpaired) electrons. The van der Waals surface area contributed by atoms with Crippen molar-refractivity contribution in [2.24, 2.45) is 5.41 Å². The first-order valence-electron chi connectivity index (χ1n) is 7.24. The number of piperidine rings is 1. The minimum absolute atomic E-state index is 0.493. The molecule has 2 aliphatic heterocycles. The molecule has 0 saturated carbocycles. The van der Waals surface area contributed by atoms with E-state index in [1.54, 1.807) is 0 Å². The molecule has 3 heterocycles. The van der Waals surface area contributed by atoms with Crippen molar-refractivity contribution >= 4 is 0 Å². The van der Waals surface area contributed by atoms with E-state index in [0.29, 0.717) is 5.41 Å². The molecule has 18 heavy (non-hydrogen) atoms. The van der Waals surface area contributed by atoms with Crippen LogP contribution in [0.15, 0.2) is 12.4 Å². The van der Waals surface area contributed by atoms with Crippen molar-refractivity contribution in [1.82, 2.24) is 19.8 Å². The lowest BCUT2D eigenvalue weighted by Gasteiger charge is -2.42. The Morgan fingerprint density at radius 2 is 2.39 bits per heavy atom. The van der Waals surface area contributed by atoms with Crippen molar-refractivity contribution in [1.29, 1.82) is 0 Å². The Labute approximate surface area is 109 Å². The summed E-state index contributed by atoms with van der Waals surface area (Å²) in [5, 5.41) is 3.58. The normalized spacial score (nSPS) is 29.2. The van der Waals surface area contributed by atoms with Crippen LogP contribution >= 0.6 is 0 Å². The maximum Gasteiger partial charge on any atom is 0.122 e. The van der Waals surface area contributed by atoms with Gasteiger partial charge in [-0.2, -0.15) is 0 Å². The lowest BCUT2D eigenvalue weighted by atomic mass is 9.78. The maximum atomic E-state index is 4.45. The van der Waals surface area contributed by atoms with Gasteiger partial charge >= 0.3 is 0 Å². The van der Waals surface area contributed by atoms with E-state index in [0.717, 1.165) is 13.1 Å². The number of nitrogens with one attached hydrogen (secondary N) is 1. The number of hydrogen-bond acceptors (Lipinski definition) is 3. The van der Waals surface area contributed by atoms with Crippen LogP contribution in [-0.4, -0.2) is 40.6 Å². The van der Waals surface area contributed by atoms with E-state index in [4.69, 9.17) is 0 Å². The van der Waals surface area contributed by atoms with Crippen molar-refractivity contribution in [3.05, 3.63) is 18.2 Å². The highest BCUT2D eigenvalue weighted by Crippen LogP contribution is 2.31. The summed E-state index contributed by atoms with van der Waals surface area (Å²) in [6, 6.07) is 0. The Balaban J connectivity index is 1.66. The van der Waals surface area contributed by atoms with Gasteiger partial charge in [-0.05, 0) is 31.2 Å². The predicted octanol–water partition coefficient (Wildman–Crippen LogP) is 1.48. The first kappa shape index (κ1) is 12.2. The zero-order chi connectivity index (χ0) is 12.4. The van der Waals surface area contributed by atoms with Gasteiger partial charge in [0.25, 0.3) is 0 Å². The van der Waals surface area contributed by atoms with Crippen LogP contribution in [0.5, 0.6) is 0 Å². The third-order valence-electron chi connectivity index (χ3n) is 4.69. The van der Waals surface area contributed by atoms with Crippen molar-refractivity contribution in [2.45, 2.75) is 39.3 Å². The number of rotatable bonds is 3. The highest BCUT2D eigenvalue weighted by molar-refractivity contribution is 4.97. The van der Waals surface area contributed by atoms with Crippen LogP contribution in [0.4, 0.5) is 0 Å². The van der Waals surface area contributed by atoms with E-state index < -0.39 is 0 Å². The third-order valence-corrected chi connectivity index (χ3v) is 4.69. The van der Waals surface area contributed by atoms with Gasteiger partial charge in [-0.25, -0.2) is 4.98 Å². The lowest BCUT2D eigenvalue weighted by Crippen LogP contribution is -2.48. The Morgan fingerprint density at radius 3 is 3.17 bits per heavy atom. The summed E-state index contributed by atoms with van der Waals surface area (Å²) in [6.45, 7) is 9.25. The molecule has 4 heteroatoms. The molecule has 1 saturated heterocycles. The van der Waals surface area contributed by atoms with Gasteiger partial charge in [0, 0.05) is 38.6 Å². The lowest BCUT2D eigenvalue weighted by molar-refractivity contribution is 0.0922. The molecule has 0 bridgehead atoms. The monoisotopic (exact) mass is 248 g/mol. The standard InChI is InChI=1S/C14H24N4/c1-2-14(4-3-5-15-11-14)12-17-8-9-18-7-6-16-13(18)10-17/h6-7,15H,2-5,8-12H2,1H3. The van der Waals surface area contributed by atoms with Crippen LogP contribution < -0.4 is 5.32 Å². The molecule has 1 atom stereocenters. The second kappa shape index (κ2) is 5.02. The van der Waals surface area contributed by atoms with Crippen molar-refractivity contribution in [2.75, 3.05) is 26.2 Å². The summed E-state index contributed by atoms with van der Waals surface area (Å²) < 4.78 is 2.29. The first-order chi connectivity index (χ1) is 8.81. The fraction of sp³-hybridized carbons (Fsp3) is 0.786. The number of imidazole rings is 1. The second-order valence-electron chi connectivity index (χ2n) is 5.88. The molecule has 2 aliphatic rings. The van der Waals surface area contributed by atoms with E-state index in [-0.39, 0.29) is 0 Å². The van der Waals surface area contributed by atoms with Gasteiger partial charge in [0.2, 0.25) is 0 Å². The van der Waals surface area contributed by atoms with Gasteiger partial charge in [0.1, 0.15) is 5.82 Å². The van der Waals surface area contributed by atoms with Gasteiger partial charge in [-0.3, -0.25) is 4.90 Å². The molecule has 4 nitrogen and oxygen atoms in total. The van der Waals surface area contributed by atoms with Crippen molar-refractivity contribution in [3.8, 4) is 0 Å². The molecule has 1 fully saturated rings. The van der Waals surface area contributed by atoms with E-state index in [9.17, 15) is 0 Å². The van der Waals surface area contributed by atoms with Gasteiger partial charge in [0.15, 0.2) is 0 Å². The summed E-state index contributed by atoms with van der Waals surface area (Å²) >= 11 is 0. The summed E-state index contributed by atoms with van der Waals surface area (Å²) in [7, 11) is 0. The van der Waals surface area contributed by atoms with Crippen LogP contribution in [0, 0.1) is 5.41 Å².